The first-order valence-corrected chi connectivity index (χ1v) is 11.9. The van der Waals surface area contributed by atoms with Gasteiger partial charge in [0.05, 0.1) is 15.7 Å². The number of carboxylic acid groups (broad SMARTS) is 1. The molecule has 2 aromatic carbocycles. The number of hydrogen-bond acceptors (Lipinski definition) is 5. The molecule has 1 amide bonds. The number of carbonyl (C=O) groups excluding carboxylic acids is 1. The van der Waals surface area contributed by atoms with Gasteiger partial charge in [-0.05, 0) is 35.4 Å². The number of anilines is 2. The second-order valence-electron chi connectivity index (χ2n) is 7.76. The lowest BCUT2D eigenvalue weighted by atomic mass is 10.0. The summed E-state index contributed by atoms with van der Waals surface area (Å²) in [6.07, 6.45) is 2.90. The Bertz CT molecular complexity index is 1380. The van der Waals surface area contributed by atoms with Gasteiger partial charge in [-0.25, -0.2) is 9.78 Å². The summed E-state index contributed by atoms with van der Waals surface area (Å²) in [5.41, 5.74) is 2.92. The van der Waals surface area contributed by atoms with Crippen molar-refractivity contribution in [1.29, 1.82) is 0 Å². The van der Waals surface area contributed by atoms with Crippen molar-refractivity contribution < 1.29 is 14.7 Å². The van der Waals surface area contributed by atoms with Crippen molar-refractivity contribution in [2.45, 2.75) is 12.5 Å². The van der Waals surface area contributed by atoms with Crippen LogP contribution in [0.25, 0.3) is 11.1 Å². The van der Waals surface area contributed by atoms with E-state index in [1.54, 1.807) is 36.4 Å². The molecule has 0 fully saturated rings. The van der Waals surface area contributed by atoms with Crippen molar-refractivity contribution in [1.82, 2.24) is 9.97 Å². The number of rotatable bonds is 8. The average molecular weight is 542 g/mol. The Labute approximate surface area is 222 Å². The van der Waals surface area contributed by atoms with E-state index >= 15 is 0 Å². The van der Waals surface area contributed by atoms with Gasteiger partial charge < -0.3 is 15.7 Å². The maximum atomic E-state index is 12.6. The summed E-state index contributed by atoms with van der Waals surface area (Å²) in [5, 5.41) is 16.2. The van der Waals surface area contributed by atoms with Crippen molar-refractivity contribution in [3.05, 3.63) is 105 Å². The van der Waals surface area contributed by atoms with Gasteiger partial charge >= 0.3 is 5.97 Å². The largest absolute Gasteiger partial charge is 0.480 e. The van der Waals surface area contributed by atoms with E-state index in [1.165, 1.54) is 12.4 Å². The van der Waals surface area contributed by atoms with E-state index in [-0.39, 0.29) is 27.3 Å². The third-order valence-corrected chi connectivity index (χ3v) is 6.09. The van der Waals surface area contributed by atoms with Gasteiger partial charge in [-0.3, -0.25) is 9.78 Å². The van der Waals surface area contributed by atoms with Gasteiger partial charge in [-0.15, -0.1) is 0 Å². The van der Waals surface area contributed by atoms with E-state index < -0.39 is 17.9 Å². The smallest absolute Gasteiger partial charge is 0.326 e. The van der Waals surface area contributed by atoms with Crippen LogP contribution in [0.5, 0.6) is 0 Å². The highest BCUT2D eigenvalue weighted by Gasteiger charge is 2.21. The molecular weight excluding hydrogens is 523 g/mol. The van der Waals surface area contributed by atoms with Crippen LogP contribution in [0.1, 0.15) is 15.9 Å². The third-order valence-electron chi connectivity index (χ3n) is 5.30. The summed E-state index contributed by atoms with van der Waals surface area (Å²) in [6, 6.07) is 18.5. The molecule has 0 aliphatic heterocycles. The number of nitrogens with zero attached hydrogens (tertiary/aromatic N) is 2. The molecule has 0 radical (unpaired) electrons. The molecule has 182 valence electrons. The zero-order valence-electron chi connectivity index (χ0n) is 18.6. The zero-order chi connectivity index (χ0) is 25.7. The van der Waals surface area contributed by atoms with Gasteiger partial charge in [0.15, 0.2) is 0 Å². The lowest BCUT2D eigenvalue weighted by Gasteiger charge is -2.18. The normalized spacial score (nSPS) is 11.5. The summed E-state index contributed by atoms with van der Waals surface area (Å²) in [7, 11) is 0. The third kappa shape index (κ3) is 6.12. The summed E-state index contributed by atoms with van der Waals surface area (Å²) in [5.74, 6) is -1.11. The Balaban J connectivity index is 1.51. The molecule has 7 nitrogen and oxygen atoms in total. The molecule has 0 aliphatic carbocycles. The predicted molar refractivity (Wildman–Crippen MR) is 142 cm³/mol. The Hall–Kier alpha value is -3.65. The second kappa shape index (κ2) is 11.4. The first-order valence-electron chi connectivity index (χ1n) is 10.7. The van der Waals surface area contributed by atoms with Crippen LogP contribution in [0.3, 0.4) is 0 Å². The lowest BCUT2D eigenvalue weighted by Crippen LogP contribution is -2.32. The lowest BCUT2D eigenvalue weighted by molar-refractivity contribution is -0.137. The fourth-order valence-corrected chi connectivity index (χ4v) is 4.11. The Morgan fingerprint density at radius 1 is 0.889 bits per heavy atom. The van der Waals surface area contributed by atoms with Crippen LogP contribution < -0.4 is 10.6 Å². The van der Waals surface area contributed by atoms with Crippen LogP contribution in [-0.4, -0.2) is 33.0 Å². The molecule has 1 unspecified atom stereocenters. The van der Waals surface area contributed by atoms with Crippen LogP contribution in [0.2, 0.25) is 15.2 Å². The van der Waals surface area contributed by atoms with Crippen LogP contribution in [0.4, 0.5) is 11.5 Å². The first kappa shape index (κ1) is 25.4. The van der Waals surface area contributed by atoms with Crippen molar-refractivity contribution in [2.75, 3.05) is 10.6 Å². The number of carboxylic acids is 1. The van der Waals surface area contributed by atoms with Gasteiger partial charge in [-0.2, -0.15) is 0 Å². The number of carbonyl (C=O) groups is 2. The highest BCUT2D eigenvalue weighted by Crippen LogP contribution is 2.30. The van der Waals surface area contributed by atoms with Crippen molar-refractivity contribution in [2.24, 2.45) is 0 Å². The summed E-state index contributed by atoms with van der Waals surface area (Å²) in [4.78, 5) is 32.9. The second-order valence-corrected chi connectivity index (χ2v) is 8.97. The van der Waals surface area contributed by atoms with Crippen molar-refractivity contribution in [3.63, 3.8) is 0 Å². The summed E-state index contributed by atoms with van der Waals surface area (Å²) in [6.45, 7) is 0. The molecule has 10 heteroatoms. The quantitative estimate of drug-likeness (QED) is 0.221. The molecule has 0 spiro atoms. The minimum atomic E-state index is -1.06. The first-order chi connectivity index (χ1) is 17.3. The minimum Gasteiger partial charge on any atom is -0.480 e. The molecular formula is C26H19Cl3N4O3. The molecule has 4 rings (SSSR count). The van der Waals surface area contributed by atoms with Gasteiger partial charge in [0.2, 0.25) is 0 Å². The number of aromatic nitrogens is 2. The number of nitrogens with one attached hydrogen (secondary N) is 2. The Kier molecular flexibility index (Phi) is 8.05. The van der Waals surface area contributed by atoms with E-state index in [1.807, 2.05) is 30.3 Å². The number of hydrogen-bond donors (Lipinski definition) is 3. The number of aliphatic carboxylic acids is 1. The van der Waals surface area contributed by atoms with Gasteiger partial charge in [0.25, 0.3) is 5.91 Å². The maximum Gasteiger partial charge on any atom is 0.326 e. The van der Waals surface area contributed by atoms with Crippen molar-refractivity contribution >= 4 is 58.2 Å². The molecule has 2 aromatic heterocycles. The Morgan fingerprint density at radius 3 is 2.19 bits per heavy atom. The van der Waals surface area contributed by atoms with E-state index in [4.69, 9.17) is 34.8 Å². The standard InChI is InChI=1S/C26H19Cl3N4O3/c27-19-13-30-14-20(28)23(19)33-25(34)17-8-6-15(7-9-17)12-21(26(35)36)31-24-18(10-11-22(29)32-24)16-4-2-1-3-5-16/h1-11,13-14,21H,12H2,(H,31,32)(H,35,36)(H,30,33,34). The van der Waals surface area contributed by atoms with E-state index in [2.05, 4.69) is 20.6 Å². The van der Waals surface area contributed by atoms with E-state index in [0.717, 1.165) is 11.1 Å². The van der Waals surface area contributed by atoms with Gasteiger partial charge in [-0.1, -0.05) is 77.3 Å². The van der Waals surface area contributed by atoms with Crippen LogP contribution in [0, 0.1) is 0 Å². The average Bonchev–Trinajstić information content (AvgIpc) is 2.87. The van der Waals surface area contributed by atoms with E-state index in [9.17, 15) is 14.7 Å². The number of benzene rings is 2. The monoisotopic (exact) mass is 540 g/mol. The van der Waals surface area contributed by atoms with Crippen molar-refractivity contribution in [3.8, 4) is 11.1 Å². The molecule has 0 saturated carbocycles. The maximum absolute atomic E-state index is 12.6. The predicted octanol–water partition coefficient (Wildman–Crippen LogP) is 6.46. The molecule has 0 aliphatic rings. The van der Waals surface area contributed by atoms with Crippen LogP contribution >= 0.6 is 34.8 Å². The number of halogens is 3. The SMILES string of the molecule is O=C(Nc1c(Cl)cncc1Cl)c1ccc(CC(Nc2nc(Cl)ccc2-c2ccccc2)C(=O)O)cc1. The highest BCUT2D eigenvalue weighted by molar-refractivity contribution is 6.39. The van der Waals surface area contributed by atoms with Gasteiger partial charge in [0, 0.05) is 29.9 Å². The molecule has 0 bridgehead atoms. The minimum absolute atomic E-state index is 0.141. The fraction of sp³-hybridized carbons (Fsp3) is 0.0769. The topological polar surface area (TPSA) is 104 Å². The molecule has 3 N–H and O–H groups in total. The molecule has 1 atom stereocenters. The highest BCUT2D eigenvalue weighted by atomic mass is 35.5. The molecule has 4 aromatic rings. The number of amides is 1. The zero-order valence-corrected chi connectivity index (χ0v) is 20.8. The van der Waals surface area contributed by atoms with Crippen LogP contribution in [0.15, 0.2) is 79.1 Å². The van der Waals surface area contributed by atoms with E-state index in [0.29, 0.717) is 16.9 Å². The summed E-state index contributed by atoms with van der Waals surface area (Å²) >= 11 is 18.2. The Morgan fingerprint density at radius 2 is 1.56 bits per heavy atom. The van der Waals surface area contributed by atoms with Crippen LogP contribution in [-0.2, 0) is 11.2 Å². The number of pyridine rings is 2. The van der Waals surface area contributed by atoms with Gasteiger partial charge in [0.1, 0.15) is 17.0 Å². The summed E-state index contributed by atoms with van der Waals surface area (Å²) < 4.78 is 0. The molecule has 0 saturated heterocycles. The molecule has 2 heterocycles. The molecule has 36 heavy (non-hydrogen) atoms. The fourth-order valence-electron chi connectivity index (χ4n) is 3.51.